The zero-order valence-corrected chi connectivity index (χ0v) is 11.0. The molecule has 0 bridgehead atoms. The van der Waals surface area contributed by atoms with E-state index in [1.54, 1.807) is 0 Å². The van der Waals surface area contributed by atoms with Crippen LogP contribution in [0, 0.1) is 0 Å². The van der Waals surface area contributed by atoms with E-state index in [4.69, 9.17) is 4.74 Å². The number of anilines is 1. The maximum Gasteiger partial charge on any atom is 0.417 e. The highest BCUT2D eigenvalue weighted by Crippen LogP contribution is 2.29. The fourth-order valence-electron chi connectivity index (χ4n) is 1.76. The summed E-state index contributed by atoms with van der Waals surface area (Å²) in [6, 6.07) is 2.46. The molecule has 1 aromatic heterocycles. The van der Waals surface area contributed by atoms with Crippen LogP contribution >= 0.6 is 15.9 Å². The second-order valence-corrected chi connectivity index (χ2v) is 4.64. The lowest BCUT2D eigenvalue weighted by atomic mass is 10.2. The minimum Gasteiger partial charge on any atom is -0.374 e. The minimum atomic E-state index is -4.34. The highest BCUT2D eigenvalue weighted by molar-refractivity contribution is 9.09. The van der Waals surface area contributed by atoms with Gasteiger partial charge in [0.1, 0.15) is 5.82 Å². The van der Waals surface area contributed by atoms with Crippen LogP contribution in [0.5, 0.6) is 0 Å². The van der Waals surface area contributed by atoms with Gasteiger partial charge in [0, 0.05) is 24.6 Å². The van der Waals surface area contributed by atoms with Gasteiger partial charge in [-0.05, 0) is 12.1 Å². The summed E-state index contributed by atoms with van der Waals surface area (Å²) >= 11 is 3.33. The summed E-state index contributed by atoms with van der Waals surface area (Å²) in [4.78, 5) is 5.80. The summed E-state index contributed by atoms with van der Waals surface area (Å²) in [6.45, 7) is 1.82. The molecule has 1 atom stereocenters. The fraction of sp³-hybridized carbons (Fsp3) is 0.545. The Bertz CT molecular complexity index is 396. The number of pyridine rings is 1. The molecule has 100 valence electrons. The molecule has 3 nitrogen and oxygen atoms in total. The third-order valence-electron chi connectivity index (χ3n) is 2.71. The molecule has 7 heteroatoms. The minimum absolute atomic E-state index is 0.0443. The van der Waals surface area contributed by atoms with Gasteiger partial charge in [-0.2, -0.15) is 13.2 Å². The third kappa shape index (κ3) is 3.14. The number of ether oxygens (including phenoxy) is 1. The third-order valence-corrected chi connectivity index (χ3v) is 3.43. The van der Waals surface area contributed by atoms with E-state index in [1.165, 1.54) is 6.07 Å². The summed E-state index contributed by atoms with van der Waals surface area (Å²) in [6.07, 6.45) is -3.43. The Morgan fingerprint density at radius 1 is 1.44 bits per heavy atom. The van der Waals surface area contributed by atoms with E-state index in [1.807, 2.05) is 4.90 Å². The molecule has 18 heavy (non-hydrogen) atoms. The molecule has 1 aliphatic rings. The molecule has 2 heterocycles. The first-order chi connectivity index (χ1) is 8.50. The van der Waals surface area contributed by atoms with E-state index in [9.17, 15) is 13.2 Å². The van der Waals surface area contributed by atoms with Crippen molar-refractivity contribution < 1.29 is 17.9 Å². The highest BCUT2D eigenvalue weighted by atomic mass is 79.9. The summed E-state index contributed by atoms with van der Waals surface area (Å²) in [7, 11) is 0. The van der Waals surface area contributed by atoms with Crippen molar-refractivity contribution in [1.82, 2.24) is 4.98 Å². The Morgan fingerprint density at radius 2 is 2.22 bits per heavy atom. The number of nitrogens with zero attached hydrogens (tertiary/aromatic N) is 2. The van der Waals surface area contributed by atoms with E-state index in [2.05, 4.69) is 20.9 Å². The van der Waals surface area contributed by atoms with Gasteiger partial charge >= 0.3 is 6.18 Å². The van der Waals surface area contributed by atoms with Gasteiger partial charge in [0.25, 0.3) is 0 Å². The van der Waals surface area contributed by atoms with E-state index >= 15 is 0 Å². The number of halogens is 4. The molecule has 0 N–H and O–H groups in total. The van der Waals surface area contributed by atoms with Crippen molar-refractivity contribution in [3.63, 3.8) is 0 Å². The van der Waals surface area contributed by atoms with Crippen molar-refractivity contribution in [3.05, 3.63) is 23.9 Å². The van der Waals surface area contributed by atoms with Crippen LogP contribution in [0.3, 0.4) is 0 Å². The standard InChI is InChI=1S/C11H12BrF3N2O/c12-5-9-7-17(3-4-18-9)10-2-1-8(6-16-10)11(13,14)15/h1-2,6,9H,3-5,7H2. The lowest BCUT2D eigenvalue weighted by molar-refractivity contribution is -0.137. The van der Waals surface area contributed by atoms with Crippen LogP contribution < -0.4 is 4.90 Å². The van der Waals surface area contributed by atoms with Crippen LogP contribution in [0.25, 0.3) is 0 Å². The predicted octanol–water partition coefficient (Wildman–Crippen LogP) is 2.70. The van der Waals surface area contributed by atoms with E-state index in [0.29, 0.717) is 30.8 Å². The average Bonchev–Trinajstić information content (AvgIpc) is 2.38. The number of alkyl halides is 4. The largest absolute Gasteiger partial charge is 0.417 e. The molecule has 2 rings (SSSR count). The number of aromatic nitrogens is 1. The average molecular weight is 325 g/mol. The van der Waals surface area contributed by atoms with Crippen molar-refractivity contribution in [1.29, 1.82) is 0 Å². The lowest BCUT2D eigenvalue weighted by Gasteiger charge is -2.33. The fourth-order valence-corrected chi connectivity index (χ4v) is 2.15. The van der Waals surface area contributed by atoms with Crippen LogP contribution in [0.15, 0.2) is 18.3 Å². The number of rotatable bonds is 2. The van der Waals surface area contributed by atoms with Gasteiger partial charge in [-0.1, -0.05) is 15.9 Å². The van der Waals surface area contributed by atoms with Crippen molar-refractivity contribution in [2.75, 3.05) is 29.9 Å². The summed E-state index contributed by atoms with van der Waals surface area (Å²) < 4.78 is 42.7. The molecule has 0 spiro atoms. The van der Waals surface area contributed by atoms with Gasteiger partial charge in [0.15, 0.2) is 0 Å². The van der Waals surface area contributed by atoms with Crippen LogP contribution in [0.1, 0.15) is 5.56 Å². The monoisotopic (exact) mass is 324 g/mol. The molecule has 1 saturated heterocycles. The summed E-state index contributed by atoms with van der Waals surface area (Å²) in [5.74, 6) is 0.553. The van der Waals surface area contributed by atoms with Crippen LogP contribution in [0.4, 0.5) is 19.0 Å². The van der Waals surface area contributed by atoms with Gasteiger partial charge < -0.3 is 9.64 Å². The molecule has 1 aliphatic heterocycles. The van der Waals surface area contributed by atoms with Gasteiger partial charge in [-0.25, -0.2) is 4.98 Å². The smallest absolute Gasteiger partial charge is 0.374 e. The normalized spacial score (nSPS) is 21.1. The molecule has 0 radical (unpaired) electrons. The number of morpholine rings is 1. The lowest BCUT2D eigenvalue weighted by Crippen LogP contribution is -2.43. The molecule has 1 fully saturated rings. The Labute approximate surface area is 111 Å². The number of hydrogen-bond donors (Lipinski definition) is 0. The highest BCUT2D eigenvalue weighted by Gasteiger charge is 2.31. The molecule has 0 saturated carbocycles. The maximum atomic E-state index is 12.4. The first kappa shape index (κ1) is 13.6. The van der Waals surface area contributed by atoms with Gasteiger partial charge in [-0.3, -0.25) is 0 Å². The topological polar surface area (TPSA) is 25.4 Å². The van der Waals surface area contributed by atoms with Crippen molar-refractivity contribution in [3.8, 4) is 0 Å². The second kappa shape index (κ2) is 5.44. The van der Waals surface area contributed by atoms with Crippen LogP contribution in [0.2, 0.25) is 0 Å². The predicted molar refractivity (Wildman–Crippen MR) is 65.0 cm³/mol. The zero-order chi connectivity index (χ0) is 13.2. The maximum absolute atomic E-state index is 12.4. The first-order valence-corrected chi connectivity index (χ1v) is 6.58. The molecule has 0 amide bonds. The Hall–Kier alpha value is -0.820. The van der Waals surface area contributed by atoms with Crippen molar-refractivity contribution in [2.45, 2.75) is 12.3 Å². The molecule has 1 unspecified atom stereocenters. The first-order valence-electron chi connectivity index (χ1n) is 5.46. The summed E-state index contributed by atoms with van der Waals surface area (Å²) in [5.41, 5.74) is -0.725. The summed E-state index contributed by atoms with van der Waals surface area (Å²) in [5, 5.41) is 0.699. The molecule has 0 aliphatic carbocycles. The quantitative estimate of drug-likeness (QED) is 0.782. The number of hydrogen-bond acceptors (Lipinski definition) is 3. The zero-order valence-electron chi connectivity index (χ0n) is 9.45. The SMILES string of the molecule is FC(F)(F)c1ccc(N2CCOC(CBr)C2)nc1. The molecule has 0 aromatic carbocycles. The van der Waals surface area contributed by atoms with Crippen molar-refractivity contribution >= 4 is 21.7 Å². The van der Waals surface area contributed by atoms with E-state index in [-0.39, 0.29) is 6.10 Å². The van der Waals surface area contributed by atoms with Gasteiger partial charge in [-0.15, -0.1) is 0 Å². The van der Waals surface area contributed by atoms with Crippen LogP contribution in [-0.4, -0.2) is 36.1 Å². The Kier molecular flexibility index (Phi) is 4.11. The van der Waals surface area contributed by atoms with Gasteiger partial charge in [0.05, 0.1) is 18.3 Å². The van der Waals surface area contributed by atoms with Crippen LogP contribution in [-0.2, 0) is 10.9 Å². The molecular formula is C11H12BrF3N2O. The van der Waals surface area contributed by atoms with Crippen molar-refractivity contribution in [2.24, 2.45) is 0 Å². The van der Waals surface area contributed by atoms with E-state index < -0.39 is 11.7 Å². The Morgan fingerprint density at radius 3 is 2.78 bits per heavy atom. The molecular weight excluding hydrogens is 313 g/mol. The Balaban J connectivity index is 2.09. The molecule has 1 aromatic rings. The second-order valence-electron chi connectivity index (χ2n) is 4.00. The van der Waals surface area contributed by atoms with E-state index in [0.717, 1.165) is 12.3 Å². The van der Waals surface area contributed by atoms with Gasteiger partial charge in [0.2, 0.25) is 0 Å².